The Morgan fingerprint density at radius 3 is 2.59 bits per heavy atom. The molecule has 0 aliphatic heterocycles. The Morgan fingerprint density at radius 1 is 1.17 bits per heavy atom. The third kappa shape index (κ3) is 7.57. The molecule has 0 heterocycles. The maximum absolute atomic E-state index is 11.9. The average molecular weight is 436 g/mol. The lowest BCUT2D eigenvalue weighted by Crippen LogP contribution is -2.38. The Morgan fingerprint density at radius 2 is 1.93 bits per heavy atom. The maximum Gasteiger partial charge on any atom is 0.238 e. The molecule has 0 aliphatic rings. The number of hydrogen-bond acceptors (Lipinski definition) is 3. The number of carbonyl (C=O) groups is 1. The summed E-state index contributed by atoms with van der Waals surface area (Å²) >= 11 is 12.3. The van der Waals surface area contributed by atoms with Crippen molar-refractivity contribution < 1.29 is 4.79 Å². The van der Waals surface area contributed by atoms with Crippen LogP contribution in [-0.4, -0.2) is 44.5 Å². The van der Waals surface area contributed by atoms with Gasteiger partial charge in [0.15, 0.2) is 5.96 Å². The van der Waals surface area contributed by atoms with Crippen LogP contribution in [0.5, 0.6) is 0 Å². The highest BCUT2D eigenvalue weighted by Gasteiger charge is 2.12. The molecule has 156 valence electrons. The normalized spacial score (nSPS) is 12.6. The zero-order valence-electron chi connectivity index (χ0n) is 17.1. The molecule has 1 atom stereocenters. The number of rotatable bonds is 7. The predicted octanol–water partition coefficient (Wildman–Crippen LogP) is 3.92. The van der Waals surface area contributed by atoms with Crippen molar-refractivity contribution in [2.24, 2.45) is 4.99 Å². The van der Waals surface area contributed by atoms with Gasteiger partial charge in [0.25, 0.3) is 0 Å². The van der Waals surface area contributed by atoms with Gasteiger partial charge in [0.2, 0.25) is 5.91 Å². The van der Waals surface area contributed by atoms with Crippen molar-refractivity contribution in [3.05, 3.63) is 63.6 Å². The molecule has 0 aromatic heterocycles. The van der Waals surface area contributed by atoms with Crippen molar-refractivity contribution in [3.8, 4) is 0 Å². The first-order chi connectivity index (χ1) is 13.8. The Hall–Kier alpha value is -2.28. The summed E-state index contributed by atoms with van der Waals surface area (Å²) < 4.78 is 0. The van der Waals surface area contributed by atoms with Crippen LogP contribution in [0.15, 0.2) is 47.5 Å². The highest BCUT2D eigenvalue weighted by molar-refractivity contribution is 6.35. The number of anilines is 1. The molecular formula is C21H27Cl2N5O. The molecule has 8 heteroatoms. The zero-order chi connectivity index (χ0) is 21.4. The highest BCUT2D eigenvalue weighted by Crippen LogP contribution is 2.26. The molecule has 0 bridgehead atoms. The monoisotopic (exact) mass is 435 g/mol. The molecule has 2 aromatic rings. The van der Waals surface area contributed by atoms with Gasteiger partial charge in [0.05, 0.1) is 12.6 Å². The number of amides is 1. The third-order valence-corrected chi connectivity index (χ3v) is 4.70. The van der Waals surface area contributed by atoms with Crippen LogP contribution < -0.4 is 16.0 Å². The number of carbonyl (C=O) groups excluding carboxylic acids is 1. The summed E-state index contributed by atoms with van der Waals surface area (Å²) in [4.78, 5) is 18.0. The summed E-state index contributed by atoms with van der Waals surface area (Å²) in [5.41, 5.74) is 2.72. The lowest BCUT2D eigenvalue weighted by Gasteiger charge is -2.19. The van der Waals surface area contributed by atoms with E-state index in [0.717, 1.165) is 16.8 Å². The van der Waals surface area contributed by atoms with E-state index >= 15 is 0 Å². The molecule has 2 aromatic carbocycles. The lowest BCUT2D eigenvalue weighted by molar-refractivity contribution is -0.116. The van der Waals surface area contributed by atoms with Gasteiger partial charge >= 0.3 is 0 Å². The van der Waals surface area contributed by atoms with Gasteiger partial charge in [-0.05, 0) is 56.4 Å². The number of hydrogen-bond donors (Lipinski definition) is 3. The lowest BCUT2D eigenvalue weighted by atomic mass is 10.1. The van der Waals surface area contributed by atoms with Gasteiger partial charge in [-0.25, -0.2) is 0 Å². The first-order valence-corrected chi connectivity index (χ1v) is 9.99. The van der Waals surface area contributed by atoms with Crippen LogP contribution in [0.2, 0.25) is 10.0 Å². The summed E-state index contributed by atoms with van der Waals surface area (Å²) in [6, 6.07) is 13.1. The molecule has 2 rings (SSSR count). The minimum Gasteiger partial charge on any atom is -0.352 e. The first-order valence-electron chi connectivity index (χ1n) is 9.24. The van der Waals surface area contributed by atoms with Crippen molar-refractivity contribution in [1.29, 1.82) is 0 Å². The fourth-order valence-corrected chi connectivity index (χ4v) is 3.33. The summed E-state index contributed by atoms with van der Waals surface area (Å²) in [5, 5.41) is 10.7. The van der Waals surface area contributed by atoms with E-state index in [1.165, 1.54) is 0 Å². The van der Waals surface area contributed by atoms with Gasteiger partial charge in [-0.2, -0.15) is 0 Å². The van der Waals surface area contributed by atoms with Crippen molar-refractivity contribution in [2.45, 2.75) is 19.5 Å². The topological polar surface area (TPSA) is 68.8 Å². The van der Waals surface area contributed by atoms with Crippen LogP contribution >= 0.6 is 23.2 Å². The fourth-order valence-electron chi connectivity index (χ4n) is 2.76. The minimum atomic E-state index is -0.0531. The van der Waals surface area contributed by atoms with E-state index in [-0.39, 0.29) is 11.9 Å². The largest absolute Gasteiger partial charge is 0.352 e. The summed E-state index contributed by atoms with van der Waals surface area (Å²) in [6.45, 7) is 2.89. The van der Waals surface area contributed by atoms with Crippen LogP contribution in [0.25, 0.3) is 0 Å². The van der Waals surface area contributed by atoms with Crippen molar-refractivity contribution in [3.63, 3.8) is 0 Å². The second kappa shape index (κ2) is 11.0. The Balaban J connectivity index is 1.95. The van der Waals surface area contributed by atoms with E-state index in [4.69, 9.17) is 23.2 Å². The van der Waals surface area contributed by atoms with Gasteiger partial charge in [0, 0.05) is 29.3 Å². The van der Waals surface area contributed by atoms with Crippen molar-refractivity contribution >= 4 is 40.8 Å². The van der Waals surface area contributed by atoms with Crippen molar-refractivity contribution in [2.75, 3.05) is 33.0 Å². The molecule has 0 fully saturated rings. The first kappa shape index (κ1) is 23.0. The third-order valence-electron chi connectivity index (χ3n) is 4.14. The Labute approximate surface area is 182 Å². The number of aliphatic imine (C=N–C) groups is 1. The highest BCUT2D eigenvalue weighted by atomic mass is 35.5. The Kier molecular flexibility index (Phi) is 8.76. The number of likely N-dealkylation sites (N-methyl/N-ethyl adjacent to an activating group) is 1. The predicted molar refractivity (Wildman–Crippen MR) is 122 cm³/mol. The van der Waals surface area contributed by atoms with Crippen molar-refractivity contribution in [1.82, 2.24) is 15.5 Å². The number of halogens is 2. The van der Waals surface area contributed by atoms with E-state index < -0.39 is 0 Å². The summed E-state index contributed by atoms with van der Waals surface area (Å²) in [5.74, 6) is 0.594. The number of benzene rings is 2. The van der Waals surface area contributed by atoms with Gasteiger partial charge < -0.3 is 20.9 Å². The van der Waals surface area contributed by atoms with Crippen LogP contribution in [0.1, 0.15) is 24.1 Å². The number of nitrogens with zero attached hydrogens (tertiary/aromatic N) is 2. The number of nitrogens with one attached hydrogen (secondary N) is 3. The second-order valence-electron chi connectivity index (χ2n) is 6.94. The summed E-state index contributed by atoms with van der Waals surface area (Å²) in [6.07, 6.45) is 0. The molecule has 0 saturated heterocycles. The van der Waals surface area contributed by atoms with E-state index in [1.54, 1.807) is 13.1 Å². The molecule has 0 saturated carbocycles. The fraction of sp³-hybridized carbons (Fsp3) is 0.333. The van der Waals surface area contributed by atoms with Gasteiger partial charge in [-0.1, -0.05) is 41.4 Å². The summed E-state index contributed by atoms with van der Waals surface area (Å²) in [7, 11) is 5.43. The molecule has 0 radical (unpaired) electrons. The molecule has 0 aliphatic carbocycles. The zero-order valence-corrected chi connectivity index (χ0v) is 18.6. The smallest absolute Gasteiger partial charge is 0.238 e. The van der Waals surface area contributed by atoms with Crippen LogP contribution in [-0.2, 0) is 11.3 Å². The minimum absolute atomic E-state index is 0.0498. The molecule has 29 heavy (non-hydrogen) atoms. The Bertz CT molecular complexity index is 870. The van der Waals surface area contributed by atoms with Gasteiger partial charge in [-0.3, -0.25) is 9.79 Å². The molecular weight excluding hydrogens is 409 g/mol. The molecule has 1 unspecified atom stereocenters. The second-order valence-corrected chi connectivity index (χ2v) is 7.79. The van der Waals surface area contributed by atoms with Crippen LogP contribution in [0.4, 0.5) is 5.69 Å². The average Bonchev–Trinajstić information content (AvgIpc) is 2.64. The maximum atomic E-state index is 11.9. The quantitative estimate of drug-likeness (QED) is 0.455. The van der Waals surface area contributed by atoms with Gasteiger partial charge in [0.1, 0.15) is 0 Å². The molecule has 0 spiro atoms. The molecule has 3 N–H and O–H groups in total. The standard InChI is InChI=1S/C21H27Cl2N5O/c1-14(18-9-8-16(22)11-19(18)23)26-21(24-2)25-12-15-6-5-7-17(10-15)27-20(29)13-28(3)4/h5-11,14H,12-13H2,1-4H3,(H,27,29)(H2,24,25,26). The number of guanidine groups is 1. The van der Waals surface area contributed by atoms with E-state index in [2.05, 4.69) is 20.9 Å². The SMILES string of the molecule is CN=C(NCc1cccc(NC(=O)CN(C)C)c1)NC(C)c1ccc(Cl)cc1Cl. The molecule has 1 amide bonds. The van der Waals surface area contributed by atoms with Gasteiger partial charge in [-0.15, -0.1) is 0 Å². The van der Waals surface area contributed by atoms with E-state index in [9.17, 15) is 4.79 Å². The van der Waals surface area contributed by atoms with Crippen LogP contribution in [0, 0.1) is 0 Å². The van der Waals surface area contributed by atoms with E-state index in [1.807, 2.05) is 62.3 Å². The van der Waals surface area contributed by atoms with E-state index in [0.29, 0.717) is 29.1 Å². The van der Waals surface area contributed by atoms with Crippen LogP contribution in [0.3, 0.4) is 0 Å². The molecule has 6 nitrogen and oxygen atoms in total.